The summed E-state index contributed by atoms with van der Waals surface area (Å²) in [7, 11) is 0. The lowest BCUT2D eigenvalue weighted by molar-refractivity contribution is 0.0683. The number of carboxylic acids is 1. The molecule has 90 valence electrons. The second kappa shape index (κ2) is 4.07. The van der Waals surface area contributed by atoms with E-state index >= 15 is 0 Å². The number of hydrogen-bond donors (Lipinski definition) is 1. The second-order valence-corrected chi connectivity index (χ2v) is 4.81. The Hall–Kier alpha value is -1.49. The fourth-order valence-electron chi connectivity index (χ4n) is 2.81. The Morgan fingerprint density at radius 1 is 1.35 bits per heavy atom. The maximum absolute atomic E-state index is 10.8. The summed E-state index contributed by atoms with van der Waals surface area (Å²) in [6.07, 6.45) is 6.80. The van der Waals surface area contributed by atoms with Crippen molar-refractivity contribution in [1.82, 2.24) is 14.9 Å². The normalized spacial score (nSPS) is 20.7. The number of carbonyl (C=O) groups is 1. The van der Waals surface area contributed by atoms with Gasteiger partial charge in [0.15, 0.2) is 0 Å². The van der Waals surface area contributed by atoms with Gasteiger partial charge in [0.2, 0.25) is 5.82 Å². The maximum Gasteiger partial charge on any atom is 0.373 e. The highest BCUT2D eigenvalue weighted by molar-refractivity contribution is 5.83. The van der Waals surface area contributed by atoms with E-state index in [1.165, 1.54) is 25.7 Å². The Bertz CT molecular complexity index is 455. The lowest BCUT2D eigenvalue weighted by atomic mass is 10.2. The van der Waals surface area contributed by atoms with E-state index in [4.69, 9.17) is 5.11 Å². The number of aromatic carboxylic acids is 1. The van der Waals surface area contributed by atoms with Gasteiger partial charge in [-0.3, -0.25) is 4.90 Å². The van der Waals surface area contributed by atoms with Crippen molar-refractivity contribution < 1.29 is 9.90 Å². The van der Waals surface area contributed by atoms with Gasteiger partial charge in [-0.25, -0.2) is 14.8 Å². The van der Waals surface area contributed by atoms with E-state index in [2.05, 4.69) is 14.9 Å². The summed E-state index contributed by atoms with van der Waals surface area (Å²) in [6.45, 7) is 1.66. The van der Waals surface area contributed by atoms with E-state index in [9.17, 15) is 4.79 Å². The summed E-state index contributed by atoms with van der Waals surface area (Å²) < 4.78 is 0. The van der Waals surface area contributed by atoms with E-state index in [0.717, 1.165) is 24.3 Å². The van der Waals surface area contributed by atoms with Gasteiger partial charge >= 0.3 is 5.97 Å². The summed E-state index contributed by atoms with van der Waals surface area (Å²) in [6, 6.07) is 0.650. The molecule has 0 spiro atoms. The second-order valence-electron chi connectivity index (χ2n) is 4.81. The van der Waals surface area contributed by atoms with Gasteiger partial charge in [-0.15, -0.1) is 0 Å². The van der Waals surface area contributed by atoms with Crippen LogP contribution in [0.5, 0.6) is 0 Å². The van der Waals surface area contributed by atoms with Gasteiger partial charge in [-0.1, -0.05) is 12.8 Å². The summed E-state index contributed by atoms with van der Waals surface area (Å²) >= 11 is 0. The fourth-order valence-corrected chi connectivity index (χ4v) is 2.81. The Labute approximate surface area is 99.5 Å². The van der Waals surface area contributed by atoms with Crippen molar-refractivity contribution in [3.63, 3.8) is 0 Å². The minimum atomic E-state index is -1.05. The number of aromatic nitrogens is 2. The van der Waals surface area contributed by atoms with Crippen molar-refractivity contribution in [1.29, 1.82) is 0 Å². The summed E-state index contributed by atoms with van der Waals surface area (Å²) in [5, 5.41) is 8.85. The Balaban J connectivity index is 1.80. The van der Waals surface area contributed by atoms with Gasteiger partial charge in [-0.2, -0.15) is 0 Å². The van der Waals surface area contributed by atoms with Crippen LogP contribution in [0.15, 0.2) is 6.20 Å². The molecule has 5 heteroatoms. The number of carboxylic acid groups (broad SMARTS) is 1. The Morgan fingerprint density at radius 2 is 2.12 bits per heavy atom. The first-order valence-corrected chi connectivity index (χ1v) is 6.06. The zero-order valence-electron chi connectivity index (χ0n) is 9.59. The van der Waals surface area contributed by atoms with Crippen LogP contribution in [0.3, 0.4) is 0 Å². The average Bonchev–Trinajstić information content (AvgIpc) is 2.96. The van der Waals surface area contributed by atoms with E-state index in [1.54, 1.807) is 6.20 Å². The molecule has 2 aliphatic rings. The van der Waals surface area contributed by atoms with Gasteiger partial charge < -0.3 is 5.11 Å². The molecule has 0 radical (unpaired) electrons. The molecule has 1 aromatic rings. The fraction of sp³-hybridized carbons (Fsp3) is 0.583. The molecule has 0 aromatic carbocycles. The van der Waals surface area contributed by atoms with Gasteiger partial charge in [0.25, 0.3) is 0 Å². The van der Waals surface area contributed by atoms with Gasteiger partial charge in [0, 0.05) is 30.9 Å². The average molecular weight is 233 g/mol. The zero-order valence-corrected chi connectivity index (χ0v) is 9.59. The van der Waals surface area contributed by atoms with E-state index in [-0.39, 0.29) is 5.82 Å². The van der Waals surface area contributed by atoms with Crippen LogP contribution in [-0.2, 0) is 13.1 Å². The molecular formula is C12H15N3O2. The van der Waals surface area contributed by atoms with Crippen LogP contribution >= 0.6 is 0 Å². The smallest absolute Gasteiger partial charge is 0.373 e. The molecule has 1 saturated carbocycles. The molecule has 0 atom stereocenters. The van der Waals surface area contributed by atoms with Gasteiger partial charge in [-0.05, 0) is 12.8 Å². The molecule has 5 nitrogen and oxygen atoms in total. The number of nitrogens with zero attached hydrogens (tertiary/aromatic N) is 3. The number of rotatable bonds is 2. The molecule has 1 aliphatic heterocycles. The number of hydrogen-bond acceptors (Lipinski definition) is 4. The van der Waals surface area contributed by atoms with Crippen LogP contribution in [0.4, 0.5) is 0 Å². The minimum Gasteiger partial charge on any atom is -0.475 e. The predicted octanol–water partition coefficient (Wildman–Crippen LogP) is 1.43. The Morgan fingerprint density at radius 3 is 2.82 bits per heavy atom. The SMILES string of the molecule is O=C(O)c1ncc2c(n1)CN(C1CCCC1)C2. The van der Waals surface area contributed by atoms with Crippen molar-refractivity contribution >= 4 is 5.97 Å². The van der Waals surface area contributed by atoms with Crippen molar-refractivity contribution in [2.24, 2.45) is 0 Å². The van der Waals surface area contributed by atoms with Crippen LogP contribution in [0.1, 0.15) is 47.6 Å². The highest BCUT2D eigenvalue weighted by atomic mass is 16.4. The lowest BCUT2D eigenvalue weighted by Gasteiger charge is -2.22. The standard InChI is InChI=1S/C12H15N3O2/c16-12(17)11-13-5-8-6-15(7-10(8)14-11)9-3-1-2-4-9/h5,9H,1-4,6-7H2,(H,16,17). The lowest BCUT2D eigenvalue weighted by Crippen LogP contribution is -2.27. The van der Waals surface area contributed by atoms with Crippen LogP contribution in [-0.4, -0.2) is 32.0 Å². The monoisotopic (exact) mass is 233 g/mol. The maximum atomic E-state index is 10.8. The third kappa shape index (κ3) is 1.91. The van der Waals surface area contributed by atoms with Crippen LogP contribution in [0.25, 0.3) is 0 Å². The summed E-state index contributed by atoms with van der Waals surface area (Å²) in [5.74, 6) is -1.14. The quantitative estimate of drug-likeness (QED) is 0.837. The molecule has 0 amide bonds. The van der Waals surface area contributed by atoms with E-state index in [0.29, 0.717) is 6.04 Å². The minimum absolute atomic E-state index is 0.0861. The molecule has 0 unspecified atom stereocenters. The highest BCUT2D eigenvalue weighted by Crippen LogP contribution is 2.30. The van der Waals surface area contributed by atoms with Crippen LogP contribution < -0.4 is 0 Å². The van der Waals surface area contributed by atoms with Gasteiger partial charge in [0.1, 0.15) is 0 Å². The molecule has 0 bridgehead atoms. The Kier molecular flexibility index (Phi) is 2.55. The molecule has 1 N–H and O–H groups in total. The van der Waals surface area contributed by atoms with Crippen molar-refractivity contribution in [3.8, 4) is 0 Å². The molecule has 1 fully saturated rings. The summed E-state index contributed by atoms with van der Waals surface area (Å²) in [5.41, 5.74) is 1.98. The molecular weight excluding hydrogens is 218 g/mol. The van der Waals surface area contributed by atoms with E-state index < -0.39 is 5.97 Å². The highest BCUT2D eigenvalue weighted by Gasteiger charge is 2.29. The van der Waals surface area contributed by atoms with Crippen molar-refractivity contribution in [2.45, 2.75) is 44.8 Å². The first kappa shape index (κ1) is 10.7. The summed E-state index contributed by atoms with van der Waals surface area (Å²) in [4.78, 5) is 21.2. The number of fused-ring (bicyclic) bond motifs is 1. The van der Waals surface area contributed by atoms with Crippen molar-refractivity contribution in [2.75, 3.05) is 0 Å². The molecule has 0 saturated heterocycles. The predicted molar refractivity (Wildman–Crippen MR) is 60.5 cm³/mol. The first-order valence-electron chi connectivity index (χ1n) is 6.06. The zero-order chi connectivity index (χ0) is 11.8. The van der Waals surface area contributed by atoms with Crippen molar-refractivity contribution in [3.05, 3.63) is 23.3 Å². The first-order chi connectivity index (χ1) is 8.24. The van der Waals surface area contributed by atoms with Crippen LogP contribution in [0.2, 0.25) is 0 Å². The molecule has 17 heavy (non-hydrogen) atoms. The van der Waals surface area contributed by atoms with E-state index in [1.807, 2.05) is 0 Å². The molecule has 3 rings (SSSR count). The molecule has 1 aromatic heterocycles. The largest absolute Gasteiger partial charge is 0.475 e. The third-order valence-electron chi connectivity index (χ3n) is 3.71. The molecule has 1 aliphatic carbocycles. The third-order valence-corrected chi connectivity index (χ3v) is 3.71. The van der Waals surface area contributed by atoms with Crippen LogP contribution in [0, 0.1) is 0 Å². The topological polar surface area (TPSA) is 66.3 Å². The van der Waals surface area contributed by atoms with Gasteiger partial charge in [0.05, 0.1) is 5.69 Å². The molecule has 2 heterocycles.